The molecule has 0 saturated carbocycles. The summed E-state index contributed by atoms with van der Waals surface area (Å²) in [6, 6.07) is 14.5. The molecule has 0 spiro atoms. The third-order valence-corrected chi connectivity index (χ3v) is 7.02. The Kier molecular flexibility index (Phi) is 7.71. The standard InChI is InChI=1S/C21H24BrN3O2S.C2H6/c1-26-18-7-6-14(19(9-18)27-2)10-25-11-16-12-28-20(23)24-21(16,13-25)15-4-3-5-17(22)8-15;1-2/h3-9,16H,10-13H2,1-2H3,(H2,23,24);1-2H3/t16?,21-;/m1./s1. The second-order valence-corrected chi connectivity index (χ2v) is 9.20. The monoisotopic (exact) mass is 491 g/mol. The van der Waals surface area contributed by atoms with E-state index in [2.05, 4.69) is 51.2 Å². The molecule has 1 saturated heterocycles. The third kappa shape index (κ3) is 4.63. The highest BCUT2D eigenvalue weighted by atomic mass is 79.9. The van der Waals surface area contributed by atoms with Gasteiger partial charge in [0.05, 0.1) is 14.2 Å². The van der Waals surface area contributed by atoms with Crippen molar-refractivity contribution < 1.29 is 9.47 Å². The van der Waals surface area contributed by atoms with Gasteiger partial charge >= 0.3 is 0 Å². The molecule has 0 radical (unpaired) electrons. The Labute approximate surface area is 192 Å². The smallest absolute Gasteiger partial charge is 0.154 e. The van der Waals surface area contributed by atoms with Crippen LogP contribution in [0.3, 0.4) is 0 Å². The summed E-state index contributed by atoms with van der Waals surface area (Å²) in [5.74, 6) is 3.06. The number of fused-ring (bicyclic) bond motifs is 1. The zero-order chi connectivity index (χ0) is 21.7. The van der Waals surface area contributed by atoms with Crippen LogP contribution in [0.1, 0.15) is 25.0 Å². The van der Waals surface area contributed by atoms with Crippen LogP contribution in [0.25, 0.3) is 0 Å². The molecule has 2 atom stereocenters. The second-order valence-electron chi connectivity index (χ2n) is 7.24. The summed E-state index contributed by atoms with van der Waals surface area (Å²) in [7, 11) is 3.37. The predicted molar refractivity (Wildman–Crippen MR) is 130 cm³/mol. The summed E-state index contributed by atoms with van der Waals surface area (Å²) in [6.45, 7) is 6.62. The molecule has 2 aliphatic heterocycles. The van der Waals surface area contributed by atoms with Crippen molar-refractivity contribution >= 4 is 32.9 Å². The number of halogens is 1. The summed E-state index contributed by atoms with van der Waals surface area (Å²) in [5.41, 5.74) is 8.25. The molecule has 7 heteroatoms. The maximum absolute atomic E-state index is 6.18. The Morgan fingerprint density at radius 3 is 2.70 bits per heavy atom. The molecule has 2 aromatic carbocycles. The predicted octanol–water partition coefficient (Wildman–Crippen LogP) is 4.88. The largest absolute Gasteiger partial charge is 0.497 e. The summed E-state index contributed by atoms with van der Waals surface area (Å²) in [5, 5.41) is 0.681. The van der Waals surface area contributed by atoms with Gasteiger partial charge in [-0.1, -0.05) is 59.7 Å². The van der Waals surface area contributed by atoms with Gasteiger partial charge in [-0.25, -0.2) is 4.99 Å². The van der Waals surface area contributed by atoms with Gasteiger partial charge < -0.3 is 15.2 Å². The molecule has 0 amide bonds. The number of ether oxygens (including phenoxy) is 2. The van der Waals surface area contributed by atoms with Crippen LogP contribution >= 0.6 is 27.7 Å². The van der Waals surface area contributed by atoms with E-state index < -0.39 is 0 Å². The number of amidine groups is 1. The summed E-state index contributed by atoms with van der Waals surface area (Å²) in [6.07, 6.45) is 0. The molecule has 0 aliphatic carbocycles. The molecule has 5 nitrogen and oxygen atoms in total. The fourth-order valence-corrected chi connectivity index (χ4v) is 5.60. The van der Waals surface area contributed by atoms with Crippen LogP contribution in [0.4, 0.5) is 0 Å². The molecule has 2 heterocycles. The minimum Gasteiger partial charge on any atom is -0.497 e. The molecule has 1 fully saturated rings. The summed E-state index contributed by atoms with van der Waals surface area (Å²) >= 11 is 5.27. The average Bonchev–Trinajstić information content (AvgIpc) is 3.13. The molecular formula is C23H30BrN3O2S. The number of benzene rings is 2. The first-order valence-electron chi connectivity index (χ1n) is 10.2. The van der Waals surface area contributed by atoms with Crippen molar-refractivity contribution in [1.29, 1.82) is 0 Å². The fourth-order valence-electron chi connectivity index (χ4n) is 4.22. The van der Waals surface area contributed by atoms with E-state index >= 15 is 0 Å². The highest BCUT2D eigenvalue weighted by molar-refractivity contribution is 9.10. The molecule has 162 valence electrons. The number of hydrogen-bond acceptors (Lipinski definition) is 6. The zero-order valence-corrected chi connectivity index (χ0v) is 20.4. The van der Waals surface area contributed by atoms with E-state index in [1.807, 2.05) is 26.0 Å². The Morgan fingerprint density at radius 2 is 2.00 bits per heavy atom. The lowest BCUT2D eigenvalue weighted by atomic mass is 9.82. The van der Waals surface area contributed by atoms with E-state index in [1.54, 1.807) is 26.0 Å². The first-order valence-corrected chi connectivity index (χ1v) is 12.0. The fraction of sp³-hybridized carbons (Fsp3) is 0.435. The highest BCUT2D eigenvalue weighted by Crippen LogP contribution is 2.46. The van der Waals surface area contributed by atoms with E-state index in [-0.39, 0.29) is 5.54 Å². The summed E-state index contributed by atoms with van der Waals surface area (Å²) < 4.78 is 12.0. The van der Waals surface area contributed by atoms with Crippen molar-refractivity contribution in [2.45, 2.75) is 25.9 Å². The van der Waals surface area contributed by atoms with Gasteiger partial charge in [0.25, 0.3) is 0 Å². The minimum atomic E-state index is -0.293. The van der Waals surface area contributed by atoms with Crippen molar-refractivity contribution in [3.63, 3.8) is 0 Å². The molecular weight excluding hydrogens is 462 g/mol. The summed E-state index contributed by atoms with van der Waals surface area (Å²) in [4.78, 5) is 7.45. The molecule has 4 rings (SSSR count). The minimum absolute atomic E-state index is 0.293. The zero-order valence-electron chi connectivity index (χ0n) is 18.0. The van der Waals surface area contributed by atoms with Crippen molar-refractivity contribution in [3.8, 4) is 11.5 Å². The molecule has 1 unspecified atom stereocenters. The van der Waals surface area contributed by atoms with Gasteiger partial charge in [-0.05, 0) is 23.8 Å². The Bertz CT molecular complexity index is 908. The number of rotatable bonds is 5. The maximum atomic E-state index is 6.18. The number of hydrogen-bond donors (Lipinski definition) is 1. The van der Waals surface area contributed by atoms with Crippen LogP contribution in [-0.2, 0) is 12.1 Å². The van der Waals surface area contributed by atoms with Crippen molar-refractivity contribution in [3.05, 3.63) is 58.1 Å². The molecule has 0 bridgehead atoms. The molecule has 2 N–H and O–H groups in total. The Hall–Kier alpha value is -1.70. The van der Waals surface area contributed by atoms with Gasteiger partial charge in [0.2, 0.25) is 0 Å². The van der Waals surface area contributed by atoms with E-state index in [4.69, 9.17) is 20.2 Å². The van der Waals surface area contributed by atoms with Gasteiger partial charge in [0.1, 0.15) is 17.0 Å². The van der Waals surface area contributed by atoms with Crippen molar-refractivity contribution in [1.82, 2.24) is 4.90 Å². The average molecular weight is 492 g/mol. The number of nitrogens with zero attached hydrogens (tertiary/aromatic N) is 2. The first-order chi connectivity index (χ1) is 14.5. The van der Waals surface area contributed by atoms with Gasteiger partial charge in [-0.2, -0.15) is 0 Å². The molecule has 2 aromatic rings. The van der Waals surface area contributed by atoms with E-state index in [9.17, 15) is 0 Å². The quantitative estimate of drug-likeness (QED) is 0.645. The van der Waals surface area contributed by atoms with E-state index in [0.29, 0.717) is 11.1 Å². The number of nitrogens with two attached hydrogens (primary N) is 1. The van der Waals surface area contributed by atoms with Gasteiger partial charge in [0.15, 0.2) is 5.17 Å². The lowest BCUT2D eigenvalue weighted by Crippen LogP contribution is -2.39. The first kappa shape index (κ1) is 23.0. The van der Waals surface area contributed by atoms with Gasteiger partial charge in [-0.15, -0.1) is 0 Å². The highest BCUT2D eigenvalue weighted by Gasteiger charge is 2.50. The normalized spacial score (nSPS) is 23.1. The topological polar surface area (TPSA) is 60.1 Å². The van der Waals surface area contributed by atoms with Crippen LogP contribution in [0.2, 0.25) is 0 Å². The Morgan fingerprint density at radius 1 is 1.20 bits per heavy atom. The molecule has 0 aromatic heterocycles. The van der Waals surface area contributed by atoms with Crippen molar-refractivity contribution in [2.75, 3.05) is 33.1 Å². The van der Waals surface area contributed by atoms with Gasteiger partial charge in [0, 0.05) is 47.4 Å². The van der Waals surface area contributed by atoms with Crippen LogP contribution in [0.15, 0.2) is 51.9 Å². The Balaban J connectivity index is 0.00000124. The van der Waals surface area contributed by atoms with Crippen LogP contribution in [0, 0.1) is 5.92 Å². The number of methoxy groups -OCH3 is 2. The number of likely N-dealkylation sites (tertiary alicyclic amines) is 1. The van der Waals surface area contributed by atoms with Crippen LogP contribution in [-0.4, -0.2) is 43.1 Å². The third-order valence-electron chi connectivity index (χ3n) is 5.57. The number of aliphatic imine (C=N–C) groups is 1. The molecule has 2 aliphatic rings. The second kappa shape index (κ2) is 10.1. The van der Waals surface area contributed by atoms with Gasteiger partial charge in [-0.3, -0.25) is 4.90 Å². The lowest BCUT2D eigenvalue weighted by Gasteiger charge is -2.35. The maximum Gasteiger partial charge on any atom is 0.154 e. The SMILES string of the molecule is CC.COc1ccc(CN2CC3CSC(N)=N[C@@]3(c3cccc(Br)c3)C2)c(OC)c1. The van der Waals surface area contributed by atoms with E-state index in [1.165, 1.54) is 5.56 Å². The van der Waals surface area contributed by atoms with Crippen LogP contribution < -0.4 is 15.2 Å². The molecule has 30 heavy (non-hydrogen) atoms. The number of thioether (sulfide) groups is 1. The lowest BCUT2D eigenvalue weighted by molar-refractivity contribution is 0.298. The van der Waals surface area contributed by atoms with Crippen molar-refractivity contribution in [2.24, 2.45) is 16.6 Å². The van der Waals surface area contributed by atoms with Crippen LogP contribution in [0.5, 0.6) is 11.5 Å². The van der Waals surface area contributed by atoms with E-state index in [0.717, 1.165) is 46.9 Å².